The van der Waals surface area contributed by atoms with Gasteiger partial charge >= 0.3 is 0 Å². The molecule has 0 saturated carbocycles. The molecule has 6 nitrogen and oxygen atoms in total. The van der Waals surface area contributed by atoms with Crippen LogP contribution in [-0.4, -0.2) is 15.3 Å². The number of pyridine rings is 1. The van der Waals surface area contributed by atoms with E-state index in [1.807, 2.05) is 95.9 Å². The van der Waals surface area contributed by atoms with E-state index in [-0.39, 0.29) is 11.5 Å². The molecular weight excluding hydrogens is 809 g/mol. The highest BCUT2D eigenvalue weighted by atomic mass is 16.2. The van der Waals surface area contributed by atoms with E-state index in [4.69, 9.17) is 10.7 Å². The minimum Gasteiger partial charge on any atom is -0.397 e. The summed E-state index contributed by atoms with van der Waals surface area (Å²) in [5, 5.41) is 5.26. The van der Waals surface area contributed by atoms with Crippen LogP contribution in [0.25, 0.3) is 105 Å². The molecule has 66 heavy (non-hydrogen) atoms. The van der Waals surface area contributed by atoms with Crippen molar-refractivity contribution in [3.63, 3.8) is 0 Å². The van der Waals surface area contributed by atoms with Gasteiger partial charge in [0.15, 0.2) is 0 Å². The first kappa shape index (κ1) is 37.7. The lowest BCUT2D eigenvalue weighted by Crippen LogP contribution is -2.34. The Kier molecular flexibility index (Phi) is 8.33. The van der Waals surface area contributed by atoms with Crippen molar-refractivity contribution in [2.45, 2.75) is 6.54 Å². The van der Waals surface area contributed by atoms with Crippen molar-refractivity contribution in [2.24, 2.45) is 0 Å². The zero-order valence-electron chi connectivity index (χ0n) is 35.6. The number of anilines is 2. The van der Waals surface area contributed by atoms with Gasteiger partial charge in [-0.2, -0.15) is 0 Å². The normalized spacial score (nSPS) is 12.6. The fraction of sp³-hybridized carbons (Fsp3) is 0.0167. The lowest BCUT2D eigenvalue weighted by molar-refractivity contribution is 0.0984. The summed E-state index contributed by atoms with van der Waals surface area (Å²) in [6.45, 7) is 0.356. The highest BCUT2D eigenvalue weighted by Gasteiger charge is 2.31. The number of hydrogen-bond donors (Lipinski definition) is 1. The molecule has 13 rings (SSSR count). The van der Waals surface area contributed by atoms with E-state index in [1.165, 1.54) is 0 Å². The molecule has 0 fully saturated rings. The van der Waals surface area contributed by atoms with Crippen LogP contribution in [0.2, 0.25) is 0 Å². The predicted molar refractivity (Wildman–Crippen MR) is 271 cm³/mol. The smallest absolute Gasteiger partial charge is 0.264 e. The number of benzene rings is 10. The summed E-state index contributed by atoms with van der Waals surface area (Å²) in [6, 6.07) is 69.9. The van der Waals surface area contributed by atoms with Crippen molar-refractivity contribution < 1.29 is 4.79 Å². The van der Waals surface area contributed by atoms with Crippen molar-refractivity contribution in [1.82, 2.24) is 9.38 Å². The number of carbonyl (C=O) groups is 1. The summed E-state index contributed by atoms with van der Waals surface area (Å²) >= 11 is 0. The third kappa shape index (κ3) is 5.65. The van der Waals surface area contributed by atoms with Gasteiger partial charge in [0.2, 0.25) is 0 Å². The highest BCUT2D eigenvalue weighted by molar-refractivity contribution is 6.24. The second-order valence-electron chi connectivity index (χ2n) is 17.2. The van der Waals surface area contributed by atoms with Crippen LogP contribution < -0.4 is 16.2 Å². The number of imidazole rings is 1. The predicted octanol–water partition coefficient (Wildman–Crippen LogP) is 13.8. The molecule has 1 aliphatic rings. The minimum absolute atomic E-state index is 0.104. The van der Waals surface area contributed by atoms with Gasteiger partial charge in [-0.15, -0.1) is 0 Å². The fourth-order valence-electron chi connectivity index (χ4n) is 10.4. The molecule has 0 spiro atoms. The van der Waals surface area contributed by atoms with E-state index < -0.39 is 0 Å². The molecule has 12 aromatic rings. The molecule has 1 amide bonds. The highest BCUT2D eigenvalue weighted by Crippen LogP contribution is 2.45. The Morgan fingerprint density at radius 1 is 0.424 bits per heavy atom. The molecule has 0 radical (unpaired) electrons. The summed E-state index contributed by atoms with van der Waals surface area (Å²) < 4.78 is 1.80. The van der Waals surface area contributed by atoms with Gasteiger partial charge in [0.25, 0.3) is 11.5 Å². The van der Waals surface area contributed by atoms with E-state index in [2.05, 4.69) is 115 Å². The van der Waals surface area contributed by atoms with Crippen molar-refractivity contribution in [3.05, 3.63) is 228 Å². The first-order valence-corrected chi connectivity index (χ1v) is 22.2. The maximum atomic E-state index is 14.9. The van der Waals surface area contributed by atoms with Crippen LogP contribution in [0.15, 0.2) is 211 Å². The van der Waals surface area contributed by atoms with Crippen LogP contribution in [0.3, 0.4) is 0 Å². The second kappa shape index (κ2) is 14.6. The van der Waals surface area contributed by atoms with Gasteiger partial charge in [-0.3, -0.25) is 14.0 Å². The number of nitrogens with two attached hydrogens (primary N) is 1. The average Bonchev–Trinajstić information content (AvgIpc) is 3.78. The number of nitrogens with zero attached hydrogens (tertiary/aromatic N) is 3. The summed E-state index contributed by atoms with van der Waals surface area (Å²) in [4.78, 5) is 37.0. The summed E-state index contributed by atoms with van der Waals surface area (Å²) in [6.07, 6.45) is 0. The molecule has 2 N–H and O–H groups in total. The van der Waals surface area contributed by atoms with Gasteiger partial charge in [0.05, 0.1) is 29.0 Å². The molecule has 310 valence electrons. The number of carbonyl (C=O) groups excluding carboxylic acids is 1. The Labute approximate surface area is 379 Å². The number of nitrogen functional groups attached to an aromatic ring is 1. The Bertz CT molecular complexity index is 4000. The first-order chi connectivity index (χ1) is 32.5. The summed E-state index contributed by atoms with van der Waals surface area (Å²) in [7, 11) is 0. The number of hydrogen-bond acceptors (Lipinski definition) is 4. The largest absolute Gasteiger partial charge is 0.397 e. The van der Waals surface area contributed by atoms with Gasteiger partial charge in [0, 0.05) is 38.2 Å². The van der Waals surface area contributed by atoms with Gasteiger partial charge in [-0.1, -0.05) is 170 Å². The first-order valence-electron chi connectivity index (χ1n) is 22.2. The lowest BCUT2D eigenvalue weighted by Gasteiger charge is -2.31. The summed E-state index contributed by atoms with van der Waals surface area (Å²) in [5.74, 6) is -0.104. The third-order valence-electron chi connectivity index (χ3n) is 13.5. The van der Waals surface area contributed by atoms with E-state index >= 15 is 0 Å². The second-order valence-corrected chi connectivity index (χ2v) is 17.2. The maximum absolute atomic E-state index is 14.9. The van der Waals surface area contributed by atoms with Crippen molar-refractivity contribution in [1.29, 1.82) is 0 Å². The van der Waals surface area contributed by atoms with Crippen molar-refractivity contribution in [2.75, 3.05) is 10.6 Å². The van der Waals surface area contributed by atoms with Gasteiger partial charge in [0.1, 0.15) is 5.65 Å². The molecule has 0 unspecified atom stereocenters. The average molecular weight is 847 g/mol. The molecule has 1 aliphatic heterocycles. The van der Waals surface area contributed by atoms with Crippen LogP contribution in [-0.2, 0) is 6.54 Å². The molecule has 0 atom stereocenters. The Hall–Kier alpha value is -8.87. The molecule has 2 aromatic heterocycles. The van der Waals surface area contributed by atoms with E-state index in [1.54, 1.807) is 4.40 Å². The quantitative estimate of drug-likeness (QED) is 0.169. The lowest BCUT2D eigenvalue weighted by atomic mass is 9.86. The zero-order valence-corrected chi connectivity index (χ0v) is 35.6. The van der Waals surface area contributed by atoms with Crippen LogP contribution in [0.5, 0.6) is 0 Å². The van der Waals surface area contributed by atoms with Crippen LogP contribution in [0.4, 0.5) is 11.4 Å². The minimum atomic E-state index is -0.111. The Morgan fingerprint density at radius 2 is 0.955 bits per heavy atom. The van der Waals surface area contributed by atoms with Gasteiger partial charge in [-0.25, -0.2) is 4.98 Å². The van der Waals surface area contributed by atoms with E-state index in [9.17, 15) is 9.59 Å². The van der Waals surface area contributed by atoms with E-state index in [0.717, 1.165) is 99.2 Å². The van der Waals surface area contributed by atoms with Crippen molar-refractivity contribution in [3.8, 4) is 55.6 Å². The molecule has 0 aliphatic carbocycles. The Balaban J connectivity index is 0.977. The van der Waals surface area contributed by atoms with Crippen LogP contribution in [0.1, 0.15) is 15.9 Å². The van der Waals surface area contributed by atoms with Gasteiger partial charge in [-0.05, 0) is 97.2 Å². The standard InChI is InChI=1S/C60H38N4O2/c61-56-50(38-19-9-3-10-20-38)31-41(36-15-5-1-6-16-36)33-52(56)63-35-40-23-13-24-45-43(27-29-48(54(40)45)59(63)65)44-28-30-49-55-46(44)25-14-26-47(55)58-62-57-51(39-21-11-4-12-22-39)32-42(37-17-7-2-8-18-37)34-53(57)64(58)60(49)66/h1-34H,35,61H2. The van der Waals surface area contributed by atoms with Crippen molar-refractivity contribution >= 4 is 66.3 Å². The molecule has 0 bridgehead atoms. The molecule has 0 saturated heterocycles. The molecular formula is C60H38N4O2. The Morgan fingerprint density at radius 3 is 1.62 bits per heavy atom. The zero-order chi connectivity index (χ0) is 44.0. The molecule has 3 heterocycles. The van der Waals surface area contributed by atoms with Crippen LogP contribution in [0, 0.1) is 0 Å². The number of rotatable bonds is 6. The maximum Gasteiger partial charge on any atom is 0.264 e. The number of aromatic nitrogens is 2. The van der Waals surface area contributed by atoms with E-state index in [0.29, 0.717) is 34.5 Å². The SMILES string of the molecule is Nc1c(-c2ccccc2)cc(-c2ccccc2)cc1N1Cc2cccc3c(-c4ccc5c(=O)n6c7cc(-c8ccccc8)cc(-c8ccccc8)c7nc6c6cccc4c56)ccc(c23)C1=O. The topological polar surface area (TPSA) is 80.7 Å². The summed E-state index contributed by atoms with van der Waals surface area (Å²) in [5.41, 5.74) is 22.0. The van der Waals surface area contributed by atoms with Crippen LogP contribution >= 0.6 is 0 Å². The molecule has 10 aromatic carbocycles. The number of amides is 1. The number of fused-ring (bicyclic) bond motifs is 4. The monoisotopic (exact) mass is 846 g/mol. The third-order valence-corrected chi connectivity index (χ3v) is 13.5. The fourth-order valence-corrected chi connectivity index (χ4v) is 10.4. The molecule has 6 heteroatoms. The van der Waals surface area contributed by atoms with Gasteiger partial charge < -0.3 is 10.6 Å².